The average Bonchev–Trinajstić information content (AvgIpc) is 1.57. The molecule has 4 aromatic carbocycles. The Balaban J connectivity index is 0.000000117. The molecule has 10 aliphatic rings. The molecule has 0 radical (unpaired) electrons. The minimum Gasteiger partial charge on any atom is -0.397 e. The van der Waals surface area contributed by atoms with Crippen LogP contribution < -0.4 is 22.9 Å². The predicted molar refractivity (Wildman–Crippen MR) is 432 cm³/mol. The SMILES string of the molecule is CN(C1CCOC1)C1CC2CN(C(=O)Cc3nc(-c4ccc(F)cc4)ccc3N)CC2C1.Nc1ccc(-c2ccc(F)cc2)nc1CC(=O)C1[C@H]2CN(C3COC3)C[C@@H]12.Nc1ccc(-c2ccc(F)cc2)nc1CC(=O)N1C[C@@H]2C(CO)[C@@H]2C1.Nc1ccc(-c2ccc(F)cc2)nc1CC(=O)N1Cc2cnc(C3CCOCC3)cc2C1. The number of nitrogens with two attached hydrogens (primary N) is 4. The Morgan fingerprint density at radius 1 is 0.457 bits per heavy atom. The van der Waals surface area contributed by atoms with Crippen molar-refractivity contribution in [1.29, 1.82) is 0 Å². The number of fused-ring (bicyclic) bond motifs is 4. The maximum absolute atomic E-state index is 13.2. The van der Waals surface area contributed by atoms with Crippen LogP contribution in [-0.4, -0.2) is 189 Å². The van der Waals surface area contributed by atoms with Crippen LogP contribution in [0, 0.1) is 70.6 Å². The van der Waals surface area contributed by atoms with Crippen molar-refractivity contribution in [2.45, 2.75) is 94.9 Å². The van der Waals surface area contributed by atoms with Gasteiger partial charge >= 0.3 is 0 Å². The van der Waals surface area contributed by atoms with Gasteiger partial charge in [-0.25, -0.2) is 17.6 Å². The molecule has 9 fully saturated rings. The highest BCUT2D eigenvalue weighted by Crippen LogP contribution is 2.54. The van der Waals surface area contributed by atoms with Crippen LogP contribution in [0.4, 0.5) is 40.3 Å². The van der Waals surface area contributed by atoms with Crippen molar-refractivity contribution in [3.63, 3.8) is 0 Å². The highest BCUT2D eigenvalue weighted by atomic mass is 19.1. The highest BCUT2D eigenvalue weighted by molar-refractivity contribution is 5.88. The number of amides is 3. The third-order valence-electron chi connectivity index (χ3n) is 25.5. The number of pyridine rings is 5. The summed E-state index contributed by atoms with van der Waals surface area (Å²) in [7, 11) is 2.23. The quantitative estimate of drug-likeness (QED) is 0.0499. The van der Waals surface area contributed by atoms with Gasteiger partial charge in [-0.15, -0.1) is 0 Å². The lowest BCUT2D eigenvalue weighted by Gasteiger charge is -2.35. The zero-order valence-electron chi connectivity index (χ0n) is 65.0. The summed E-state index contributed by atoms with van der Waals surface area (Å²) in [6.45, 7) is 11.4. The largest absolute Gasteiger partial charge is 0.397 e. The Morgan fingerprint density at radius 3 is 1.27 bits per heavy atom. The number of rotatable bonds is 18. The fraction of sp³-hybridized carbons (Fsp3) is 0.411. The second-order valence-electron chi connectivity index (χ2n) is 32.7. The Bertz CT molecular complexity index is 5020. The van der Waals surface area contributed by atoms with Crippen molar-refractivity contribution in [3.8, 4) is 45.0 Å². The number of ether oxygens (including phenoxy) is 3. The van der Waals surface area contributed by atoms with Crippen molar-refractivity contribution in [2.24, 2.45) is 47.3 Å². The van der Waals surface area contributed by atoms with E-state index in [4.69, 9.17) is 37.1 Å². The van der Waals surface area contributed by atoms with E-state index in [0.29, 0.717) is 160 Å². The van der Waals surface area contributed by atoms with Gasteiger partial charge in [0.25, 0.3) is 0 Å². The molecule has 6 saturated heterocycles. The molecule has 116 heavy (non-hydrogen) atoms. The number of benzene rings is 4. The number of halogens is 4. The van der Waals surface area contributed by atoms with E-state index in [-0.39, 0.29) is 85.0 Å². The summed E-state index contributed by atoms with van der Waals surface area (Å²) < 4.78 is 69.0. The Hall–Kier alpha value is -10.6. The van der Waals surface area contributed by atoms with E-state index in [2.05, 4.69) is 47.8 Å². The number of aliphatic hydroxyl groups excluding tert-OH is 1. The minimum atomic E-state index is -0.303. The number of likely N-dealkylation sites (N-methyl/N-ethyl adjacent to an activating group) is 1. The zero-order chi connectivity index (χ0) is 80.4. The first-order valence-corrected chi connectivity index (χ1v) is 40.4. The molecule has 0 spiro atoms. The molecule has 12 heterocycles. The Kier molecular flexibility index (Phi) is 23.7. The van der Waals surface area contributed by atoms with Crippen molar-refractivity contribution in [3.05, 3.63) is 221 Å². The number of hydrogen-bond acceptors (Lipinski definition) is 19. The fourth-order valence-corrected chi connectivity index (χ4v) is 18.3. The molecule has 0 bridgehead atoms. The number of hydrogen-bond donors (Lipinski definition) is 5. The number of ketones is 1. The van der Waals surface area contributed by atoms with E-state index in [1.165, 1.54) is 48.5 Å². The third kappa shape index (κ3) is 18.0. The van der Waals surface area contributed by atoms with E-state index >= 15 is 0 Å². The van der Waals surface area contributed by atoms with Gasteiger partial charge in [-0.2, -0.15) is 0 Å². The lowest BCUT2D eigenvalue weighted by atomic mass is 9.94. The first-order valence-electron chi connectivity index (χ1n) is 40.4. The first kappa shape index (κ1) is 79.2. The number of nitrogen functional groups attached to an aromatic ring is 4. The van der Waals surface area contributed by atoms with Gasteiger partial charge in [0, 0.05) is 137 Å². The molecule has 26 heteroatoms. The molecule has 5 aromatic heterocycles. The predicted octanol–water partition coefficient (Wildman–Crippen LogP) is 10.7. The number of likely N-dealkylation sites (tertiary alicyclic amines) is 3. The molecule has 19 rings (SSSR count). The number of Topliss-reactive ketones (excluding diaryl/α,β-unsaturated/α-hetero) is 1. The molecular formula is C90H98F4N14O8. The normalized spacial score (nSPS) is 23.6. The van der Waals surface area contributed by atoms with Crippen LogP contribution in [0.15, 0.2) is 158 Å². The van der Waals surface area contributed by atoms with Crippen LogP contribution in [0.3, 0.4) is 0 Å². The molecule has 9 atom stereocenters. The van der Waals surface area contributed by atoms with Crippen LogP contribution in [0.2, 0.25) is 0 Å². The standard InChI is InChI=1S/C25H31FN4O2.C25H25FN4O2.C21H22FN3O2.C19H20FN3O2/c1-29(20-8-9-32-15-20)21-10-17-13-30(14-18(17)11-21)25(31)12-24-22(27)6-7-23(28-24)16-2-4-19(26)5-3-16;26-20-3-1-16(2-4-20)22-6-5-21(27)24(29-22)12-25(31)30-14-18-11-23(28-13-19(18)15-30)17-7-9-32-10-8-17;22-13-3-1-12(2-4-13)18-6-5-17(23)19(24-18)7-20(26)21-15-8-25(9-16(15)21)14-10-27-11-14;20-12-3-1-11(2-4-12)17-6-5-16(21)18(22-17)7-19(25)23-8-13-14(9-23)15(13)10-24/h2-7,17-18,20-21H,8-15,27H2,1H3;1-6,11,13,17H,7-10,12,14-15,27H2;1-6,14-16,21H,7-11,23H2;1-6,13-15,24H,7-10,21H2/t;;15-,16+,21?;13-,14+,15?. The van der Waals surface area contributed by atoms with Crippen LogP contribution in [0.25, 0.3) is 45.0 Å². The number of carbonyl (C=O) groups is 4. The van der Waals surface area contributed by atoms with Crippen LogP contribution in [0.1, 0.15) is 77.6 Å². The molecule has 22 nitrogen and oxygen atoms in total. The monoisotopic (exact) mass is 1580 g/mol. The summed E-state index contributed by atoms with van der Waals surface area (Å²) in [4.78, 5) is 85.1. The van der Waals surface area contributed by atoms with Gasteiger partial charge in [0.15, 0.2) is 0 Å². The molecule has 5 unspecified atom stereocenters. The van der Waals surface area contributed by atoms with Gasteiger partial charge in [-0.1, -0.05) is 0 Å². The number of anilines is 4. The first-order chi connectivity index (χ1) is 56.2. The Morgan fingerprint density at radius 2 is 0.862 bits per heavy atom. The zero-order valence-corrected chi connectivity index (χ0v) is 65.0. The number of aromatic nitrogens is 5. The summed E-state index contributed by atoms with van der Waals surface area (Å²) in [5.41, 5.74) is 37.9. The van der Waals surface area contributed by atoms with E-state index < -0.39 is 0 Å². The van der Waals surface area contributed by atoms with Crippen molar-refractivity contribution >= 4 is 46.3 Å². The summed E-state index contributed by atoms with van der Waals surface area (Å²) in [5, 5.41) is 9.21. The fourth-order valence-electron chi connectivity index (χ4n) is 18.3. The number of aliphatic hydroxyl groups is 1. The molecule has 604 valence electrons. The van der Waals surface area contributed by atoms with Crippen LogP contribution >= 0.6 is 0 Å². The topological polar surface area (TPSA) is 301 Å². The highest BCUT2D eigenvalue weighted by Gasteiger charge is 2.60. The van der Waals surface area contributed by atoms with Gasteiger partial charge in [0.2, 0.25) is 17.7 Å². The molecule has 3 amide bonds. The lowest BCUT2D eigenvalue weighted by Crippen LogP contribution is -2.49. The second kappa shape index (κ2) is 34.7. The second-order valence-corrected chi connectivity index (χ2v) is 32.7. The number of piperidine rings is 2. The Labute approximate surface area is 672 Å². The summed E-state index contributed by atoms with van der Waals surface area (Å²) in [6.07, 6.45) is 8.07. The molecule has 9 N–H and O–H groups in total. The molecule has 3 saturated carbocycles. The van der Waals surface area contributed by atoms with E-state index in [0.717, 1.165) is 137 Å². The number of carbonyl (C=O) groups excluding carboxylic acids is 4. The minimum absolute atomic E-state index is 0.0133. The van der Waals surface area contributed by atoms with Gasteiger partial charge in [0.1, 0.15) is 29.1 Å². The van der Waals surface area contributed by atoms with E-state index in [1.54, 1.807) is 91.0 Å². The van der Waals surface area contributed by atoms with Crippen molar-refractivity contribution < 1.29 is 56.1 Å². The van der Waals surface area contributed by atoms with Gasteiger partial charge in [-0.05, 0) is 243 Å². The van der Waals surface area contributed by atoms with E-state index in [1.807, 2.05) is 27.0 Å². The lowest BCUT2D eigenvalue weighted by molar-refractivity contribution is -0.131. The smallest absolute Gasteiger partial charge is 0.229 e. The molecular weight excluding hydrogens is 1480 g/mol. The maximum Gasteiger partial charge on any atom is 0.229 e. The molecule has 3 aliphatic carbocycles. The number of nitrogens with zero attached hydrogens (tertiary/aromatic N) is 10. The third-order valence-corrected chi connectivity index (χ3v) is 25.5. The summed E-state index contributed by atoms with van der Waals surface area (Å²) in [5.74, 6) is 3.10. The maximum atomic E-state index is 13.2. The van der Waals surface area contributed by atoms with Crippen molar-refractivity contribution in [1.82, 2.24) is 49.4 Å². The van der Waals surface area contributed by atoms with Crippen LogP contribution in [-0.2, 0) is 72.2 Å². The summed E-state index contributed by atoms with van der Waals surface area (Å²) in [6, 6.07) is 42.6. The molecule has 7 aliphatic heterocycles. The van der Waals surface area contributed by atoms with E-state index in [9.17, 15) is 41.8 Å². The average molecular weight is 1580 g/mol. The van der Waals surface area contributed by atoms with Gasteiger partial charge in [0.05, 0.1) is 120 Å². The van der Waals surface area contributed by atoms with Crippen LogP contribution in [0.5, 0.6) is 0 Å². The van der Waals surface area contributed by atoms with Crippen molar-refractivity contribution in [2.75, 3.05) is 115 Å². The summed E-state index contributed by atoms with van der Waals surface area (Å²) >= 11 is 0. The molecule has 9 aromatic rings. The van der Waals surface area contributed by atoms with Gasteiger partial charge in [-0.3, -0.25) is 53.9 Å². The van der Waals surface area contributed by atoms with Gasteiger partial charge < -0.3 is 57.0 Å².